The number of nitrogens with zero attached hydrogens (tertiary/aromatic N) is 2. The highest BCUT2D eigenvalue weighted by atomic mass is 16.1. The number of ketones is 1. The summed E-state index contributed by atoms with van der Waals surface area (Å²) >= 11 is 0. The molecule has 16 heavy (non-hydrogen) atoms. The molecule has 0 N–H and O–H groups in total. The van der Waals surface area contributed by atoms with Crippen molar-refractivity contribution in [1.29, 1.82) is 0 Å². The summed E-state index contributed by atoms with van der Waals surface area (Å²) in [5.74, 6) is 0.0954. The lowest BCUT2D eigenvalue weighted by Crippen LogP contribution is -2.26. The minimum absolute atomic E-state index is 0.0954. The van der Waals surface area contributed by atoms with Gasteiger partial charge < -0.3 is 0 Å². The molecule has 0 amide bonds. The fraction of sp³-hybridized carbons (Fsp3) is 0.615. The molecule has 0 bridgehead atoms. The van der Waals surface area contributed by atoms with Gasteiger partial charge in [-0.15, -0.1) is 0 Å². The molecule has 0 aromatic carbocycles. The van der Waals surface area contributed by atoms with Crippen LogP contribution in [-0.2, 0) is 5.41 Å². The number of hydrogen-bond donors (Lipinski definition) is 0. The molecule has 0 saturated carbocycles. The van der Waals surface area contributed by atoms with Gasteiger partial charge >= 0.3 is 0 Å². The van der Waals surface area contributed by atoms with Crippen molar-refractivity contribution >= 4 is 5.78 Å². The lowest BCUT2D eigenvalue weighted by molar-refractivity contribution is 0.0855. The molecule has 0 unspecified atom stereocenters. The fourth-order valence-corrected chi connectivity index (χ4v) is 1.50. The molecule has 3 heteroatoms. The van der Waals surface area contributed by atoms with Crippen LogP contribution in [0.15, 0.2) is 12.5 Å². The summed E-state index contributed by atoms with van der Waals surface area (Å²) in [6.07, 6.45) is 3.13. The van der Waals surface area contributed by atoms with Crippen LogP contribution in [-0.4, -0.2) is 15.8 Å². The van der Waals surface area contributed by atoms with Gasteiger partial charge in [0.25, 0.3) is 0 Å². The zero-order valence-corrected chi connectivity index (χ0v) is 11.0. The predicted octanol–water partition coefficient (Wildman–Crippen LogP) is 3.00. The highest BCUT2D eigenvalue weighted by molar-refractivity contribution is 6.00. The number of rotatable bonds is 1. The van der Waals surface area contributed by atoms with E-state index in [1.54, 1.807) is 6.20 Å². The summed E-state index contributed by atoms with van der Waals surface area (Å²) in [6.45, 7) is 11.9. The number of aromatic nitrogens is 2. The van der Waals surface area contributed by atoms with Crippen LogP contribution >= 0.6 is 0 Å². The second kappa shape index (κ2) is 3.96. The van der Waals surface area contributed by atoms with E-state index in [0.29, 0.717) is 5.56 Å². The molecule has 1 heterocycles. The maximum Gasteiger partial charge on any atom is 0.171 e. The highest BCUT2D eigenvalue weighted by Crippen LogP contribution is 2.28. The van der Waals surface area contributed by atoms with E-state index in [-0.39, 0.29) is 11.2 Å². The summed E-state index contributed by atoms with van der Waals surface area (Å²) in [5, 5.41) is 0. The van der Waals surface area contributed by atoms with Crippen LogP contribution < -0.4 is 0 Å². The Balaban J connectivity index is 3.31. The molecule has 0 aliphatic carbocycles. The van der Waals surface area contributed by atoms with Gasteiger partial charge in [0.1, 0.15) is 6.33 Å². The van der Waals surface area contributed by atoms with Crippen LogP contribution in [0, 0.1) is 5.41 Å². The molecule has 0 aliphatic heterocycles. The number of hydrogen-bond acceptors (Lipinski definition) is 3. The summed E-state index contributed by atoms with van der Waals surface area (Å²) in [4.78, 5) is 20.5. The summed E-state index contributed by atoms with van der Waals surface area (Å²) in [5.41, 5.74) is 0.925. The quantitative estimate of drug-likeness (QED) is 0.683. The van der Waals surface area contributed by atoms with Gasteiger partial charge in [-0.25, -0.2) is 9.97 Å². The smallest absolute Gasteiger partial charge is 0.171 e. The maximum atomic E-state index is 12.3. The molecule has 3 nitrogen and oxygen atoms in total. The first-order valence-corrected chi connectivity index (χ1v) is 5.49. The molecule has 88 valence electrons. The lowest BCUT2D eigenvalue weighted by Gasteiger charge is -2.24. The first-order chi connectivity index (χ1) is 7.14. The minimum Gasteiger partial charge on any atom is -0.293 e. The Morgan fingerprint density at radius 3 is 2.12 bits per heavy atom. The van der Waals surface area contributed by atoms with Crippen molar-refractivity contribution in [1.82, 2.24) is 9.97 Å². The van der Waals surface area contributed by atoms with Crippen molar-refractivity contribution < 1.29 is 4.79 Å². The molecule has 1 aromatic heterocycles. The van der Waals surface area contributed by atoms with E-state index in [4.69, 9.17) is 0 Å². The second-order valence-corrected chi connectivity index (χ2v) is 6.11. The van der Waals surface area contributed by atoms with Crippen molar-refractivity contribution in [3.8, 4) is 0 Å². The standard InChI is InChI=1S/C13H20N2O/c1-12(2,3)10-9(7-14-8-15-10)11(16)13(4,5)6/h7-8H,1-6H3. The predicted molar refractivity (Wildman–Crippen MR) is 64.5 cm³/mol. The number of Topliss-reactive ketones (excluding diaryl/α,β-unsaturated/α-hetero) is 1. The van der Waals surface area contributed by atoms with Crippen LogP contribution in [0.3, 0.4) is 0 Å². The molecule has 0 radical (unpaired) electrons. The van der Waals surface area contributed by atoms with Gasteiger partial charge in [0.15, 0.2) is 5.78 Å². The Morgan fingerprint density at radius 1 is 1.12 bits per heavy atom. The van der Waals surface area contributed by atoms with E-state index in [2.05, 4.69) is 30.7 Å². The molecular weight excluding hydrogens is 200 g/mol. The van der Waals surface area contributed by atoms with Gasteiger partial charge in [-0.1, -0.05) is 41.5 Å². The summed E-state index contributed by atoms with van der Waals surface area (Å²) in [6, 6.07) is 0. The van der Waals surface area contributed by atoms with Gasteiger partial charge in [-0.3, -0.25) is 4.79 Å². The molecule has 1 aromatic rings. The van der Waals surface area contributed by atoms with Crippen molar-refractivity contribution in [2.75, 3.05) is 0 Å². The van der Waals surface area contributed by atoms with Crippen LogP contribution in [0.2, 0.25) is 0 Å². The van der Waals surface area contributed by atoms with Crippen LogP contribution in [0.1, 0.15) is 57.6 Å². The van der Waals surface area contributed by atoms with E-state index in [1.165, 1.54) is 6.33 Å². The second-order valence-electron chi connectivity index (χ2n) is 6.11. The van der Waals surface area contributed by atoms with Crippen LogP contribution in [0.25, 0.3) is 0 Å². The Hall–Kier alpha value is -1.25. The molecule has 1 rings (SSSR count). The first kappa shape index (κ1) is 12.8. The van der Waals surface area contributed by atoms with Crippen molar-refractivity contribution in [2.24, 2.45) is 5.41 Å². The van der Waals surface area contributed by atoms with Gasteiger partial charge in [-0.05, 0) is 0 Å². The van der Waals surface area contributed by atoms with E-state index in [9.17, 15) is 4.79 Å². The van der Waals surface area contributed by atoms with Crippen LogP contribution in [0.4, 0.5) is 0 Å². The average Bonchev–Trinajstić information content (AvgIpc) is 2.14. The zero-order valence-electron chi connectivity index (χ0n) is 11.0. The zero-order chi connectivity index (χ0) is 12.6. The van der Waals surface area contributed by atoms with E-state index in [0.717, 1.165) is 5.69 Å². The molecule has 0 atom stereocenters. The van der Waals surface area contributed by atoms with Gasteiger partial charge in [0.2, 0.25) is 0 Å². The van der Waals surface area contributed by atoms with Crippen molar-refractivity contribution in [3.05, 3.63) is 23.8 Å². The Labute approximate surface area is 97.3 Å². The first-order valence-electron chi connectivity index (χ1n) is 5.49. The average molecular weight is 220 g/mol. The normalized spacial score (nSPS) is 12.6. The Bertz CT molecular complexity index is 397. The SMILES string of the molecule is CC(C)(C)C(=O)c1cncnc1C(C)(C)C. The summed E-state index contributed by atoms with van der Waals surface area (Å²) in [7, 11) is 0. The minimum atomic E-state index is -0.398. The van der Waals surface area contributed by atoms with Crippen molar-refractivity contribution in [3.63, 3.8) is 0 Å². The molecule has 0 spiro atoms. The monoisotopic (exact) mass is 220 g/mol. The van der Waals surface area contributed by atoms with Crippen LogP contribution in [0.5, 0.6) is 0 Å². The third-order valence-corrected chi connectivity index (χ3v) is 2.35. The molecular formula is C13H20N2O. The van der Waals surface area contributed by atoms with Gasteiger partial charge in [0.05, 0.1) is 11.3 Å². The van der Waals surface area contributed by atoms with E-state index < -0.39 is 5.41 Å². The molecule has 0 saturated heterocycles. The Kier molecular flexibility index (Phi) is 3.17. The Morgan fingerprint density at radius 2 is 1.69 bits per heavy atom. The van der Waals surface area contributed by atoms with Gasteiger partial charge in [0, 0.05) is 17.0 Å². The van der Waals surface area contributed by atoms with Crippen molar-refractivity contribution in [2.45, 2.75) is 47.0 Å². The largest absolute Gasteiger partial charge is 0.293 e. The fourth-order valence-electron chi connectivity index (χ4n) is 1.50. The topological polar surface area (TPSA) is 42.9 Å². The number of carbonyl (C=O) groups excluding carboxylic acids is 1. The lowest BCUT2D eigenvalue weighted by atomic mass is 9.81. The molecule has 0 aliphatic rings. The van der Waals surface area contributed by atoms with E-state index in [1.807, 2.05) is 20.8 Å². The third-order valence-electron chi connectivity index (χ3n) is 2.35. The third kappa shape index (κ3) is 2.65. The number of carbonyl (C=O) groups is 1. The molecule has 0 fully saturated rings. The maximum absolute atomic E-state index is 12.3. The highest BCUT2D eigenvalue weighted by Gasteiger charge is 2.29. The van der Waals surface area contributed by atoms with Gasteiger partial charge in [-0.2, -0.15) is 0 Å². The summed E-state index contributed by atoms with van der Waals surface area (Å²) < 4.78 is 0. The van der Waals surface area contributed by atoms with E-state index >= 15 is 0 Å².